The molecule has 5 rings (SSSR count). The Morgan fingerprint density at radius 3 is 2.27 bits per heavy atom. The lowest BCUT2D eigenvalue weighted by Crippen LogP contribution is -2.67. The van der Waals surface area contributed by atoms with Crippen LogP contribution < -0.4 is 15.0 Å². The van der Waals surface area contributed by atoms with Crippen molar-refractivity contribution in [1.29, 1.82) is 0 Å². The minimum atomic E-state index is -1.53. The van der Waals surface area contributed by atoms with E-state index in [-0.39, 0.29) is 30.4 Å². The van der Waals surface area contributed by atoms with Crippen molar-refractivity contribution in [2.45, 2.75) is 25.3 Å². The maximum atomic E-state index is 13.8. The Morgan fingerprint density at radius 2 is 1.59 bits per heavy atom. The molecule has 1 aromatic heterocycles. The van der Waals surface area contributed by atoms with E-state index >= 15 is 0 Å². The van der Waals surface area contributed by atoms with E-state index in [9.17, 15) is 19.2 Å². The molecule has 2 aromatic rings. The van der Waals surface area contributed by atoms with E-state index in [1.807, 2.05) is 16.7 Å². The number of amides is 4. The highest BCUT2D eigenvalue weighted by Gasteiger charge is 2.57. The van der Waals surface area contributed by atoms with Crippen molar-refractivity contribution in [2.24, 2.45) is 11.3 Å². The summed E-state index contributed by atoms with van der Waals surface area (Å²) in [6.07, 6.45) is 1.01. The smallest absolute Gasteiger partial charge is 0.332 e. The van der Waals surface area contributed by atoms with Crippen LogP contribution in [0.4, 0.5) is 4.79 Å². The number of urea groups is 1. The third kappa shape index (κ3) is 3.99. The first-order valence-electron chi connectivity index (χ1n) is 12.4. The molecule has 2 bridgehead atoms. The van der Waals surface area contributed by atoms with Crippen LogP contribution in [0.25, 0.3) is 0 Å². The number of para-hydroxylation sites is 1. The van der Waals surface area contributed by atoms with Crippen LogP contribution in [0.1, 0.15) is 23.6 Å². The molecule has 0 saturated carbocycles. The zero-order chi connectivity index (χ0) is 26.5. The molecule has 0 aliphatic carbocycles. The molecule has 2 atom stereocenters. The molecule has 4 amide bonds. The number of piperidine rings is 1. The van der Waals surface area contributed by atoms with Crippen LogP contribution in [-0.2, 0) is 22.6 Å². The van der Waals surface area contributed by atoms with Gasteiger partial charge >= 0.3 is 6.03 Å². The van der Waals surface area contributed by atoms with Crippen molar-refractivity contribution < 1.29 is 23.9 Å². The number of ether oxygens (including phenoxy) is 2. The summed E-state index contributed by atoms with van der Waals surface area (Å²) in [7, 11) is 5.88. The Morgan fingerprint density at radius 1 is 0.892 bits per heavy atom. The highest BCUT2D eigenvalue weighted by atomic mass is 16.5. The van der Waals surface area contributed by atoms with E-state index in [1.54, 1.807) is 24.3 Å². The number of barbiturate groups is 1. The quantitative estimate of drug-likeness (QED) is 0.546. The average Bonchev–Trinajstić information content (AvgIpc) is 2.90. The number of likely N-dealkylation sites (tertiary alicyclic amines) is 1. The van der Waals surface area contributed by atoms with Gasteiger partial charge in [-0.3, -0.25) is 24.2 Å². The number of hydrogen-bond acceptors (Lipinski definition) is 7. The normalized spacial score (nSPS) is 23.2. The van der Waals surface area contributed by atoms with Gasteiger partial charge in [0.1, 0.15) is 5.41 Å². The van der Waals surface area contributed by atoms with Crippen molar-refractivity contribution in [2.75, 3.05) is 47.9 Å². The maximum Gasteiger partial charge on any atom is 0.332 e. The van der Waals surface area contributed by atoms with Gasteiger partial charge in [0.25, 0.3) is 5.56 Å². The van der Waals surface area contributed by atoms with E-state index in [0.29, 0.717) is 36.7 Å². The monoisotopic (exact) mass is 508 g/mol. The Hall–Kier alpha value is -3.66. The summed E-state index contributed by atoms with van der Waals surface area (Å²) < 4.78 is 12.9. The predicted molar refractivity (Wildman–Crippen MR) is 135 cm³/mol. The first kappa shape index (κ1) is 25.0. The fraction of sp³-hybridized carbons (Fsp3) is 0.481. The number of fused-ring (bicyclic) bond motifs is 4. The van der Waals surface area contributed by atoms with Crippen LogP contribution in [-0.4, -0.2) is 85.1 Å². The lowest BCUT2D eigenvalue weighted by atomic mass is 9.75. The fourth-order valence-corrected chi connectivity index (χ4v) is 6.40. The SMILES string of the molecule is COc1cccc(CC2(CN3C[C@H]4C[C@@H](C3)c3cccc(=O)n3C4)C(=O)N(C)C(=O)N(C)C2=O)c1OC. The van der Waals surface area contributed by atoms with Crippen LogP contribution >= 0.6 is 0 Å². The topological polar surface area (TPSA) is 101 Å². The van der Waals surface area contributed by atoms with Gasteiger partial charge in [0.05, 0.1) is 14.2 Å². The minimum Gasteiger partial charge on any atom is -0.493 e. The molecular weight excluding hydrogens is 476 g/mol. The molecule has 3 aliphatic rings. The van der Waals surface area contributed by atoms with Gasteiger partial charge in [-0.05, 0) is 30.0 Å². The largest absolute Gasteiger partial charge is 0.493 e. The van der Waals surface area contributed by atoms with Crippen molar-refractivity contribution in [1.82, 2.24) is 19.3 Å². The Balaban J connectivity index is 1.54. The number of aromatic nitrogens is 1. The zero-order valence-electron chi connectivity index (χ0n) is 21.6. The molecule has 10 nitrogen and oxygen atoms in total. The Labute approximate surface area is 215 Å². The number of hydrogen-bond donors (Lipinski definition) is 0. The highest BCUT2D eigenvalue weighted by Crippen LogP contribution is 2.41. The van der Waals surface area contributed by atoms with Crippen molar-refractivity contribution in [3.8, 4) is 11.5 Å². The van der Waals surface area contributed by atoms with Crippen molar-refractivity contribution >= 4 is 17.8 Å². The zero-order valence-corrected chi connectivity index (χ0v) is 21.6. The van der Waals surface area contributed by atoms with Crippen molar-refractivity contribution in [3.05, 3.63) is 58.0 Å². The van der Waals surface area contributed by atoms with E-state index < -0.39 is 23.3 Å². The van der Waals surface area contributed by atoms with Gasteiger partial charge in [-0.15, -0.1) is 0 Å². The molecule has 0 unspecified atom stereocenters. The highest BCUT2D eigenvalue weighted by molar-refractivity contribution is 6.19. The molecule has 10 heteroatoms. The van der Waals surface area contributed by atoms with E-state index in [4.69, 9.17) is 9.47 Å². The number of carbonyl (C=O) groups excluding carboxylic acids is 3. The molecule has 0 spiro atoms. The number of carbonyl (C=O) groups is 3. The molecular formula is C27H32N4O6. The number of imide groups is 2. The average molecular weight is 509 g/mol. The lowest BCUT2D eigenvalue weighted by Gasteiger charge is -2.48. The third-order valence-electron chi connectivity index (χ3n) is 8.03. The van der Waals surface area contributed by atoms with E-state index in [2.05, 4.69) is 4.90 Å². The number of nitrogens with zero attached hydrogens (tertiary/aromatic N) is 4. The van der Waals surface area contributed by atoms with Crippen LogP contribution in [0.3, 0.4) is 0 Å². The van der Waals surface area contributed by atoms with Gasteiger partial charge in [-0.2, -0.15) is 0 Å². The van der Waals surface area contributed by atoms with Gasteiger partial charge in [-0.25, -0.2) is 4.79 Å². The predicted octanol–water partition coefficient (Wildman–Crippen LogP) is 1.56. The van der Waals surface area contributed by atoms with Crippen LogP contribution in [0.2, 0.25) is 0 Å². The number of benzene rings is 1. The summed E-state index contributed by atoms with van der Waals surface area (Å²) in [4.78, 5) is 57.0. The van der Waals surface area contributed by atoms with Crippen LogP contribution in [0.15, 0.2) is 41.2 Å². The number of rotatable bonds is 6. The second kappa shape index (κ2) is 9.33. The minimum absolute atomic E-state index is 0.00152. The Bertz CT molecular complexity index is 1300. The fourth-order valence-electron chi connectivity index (χ4n) is 6.40. The standard InChI is InChI=1S/C27H32N4O6/c1-28-24(33)27(25(34)29(2)26(28)35,12-18-7-5-9-21(36-3)23(18)37-4)16-30-13-17-11-19(15-30)20-8-6-10-22(32)31(20)14-17/h5-10,17,19H,11-16H2,1-4H3/t17-,19+/m1/s1. The summed E-state index contributed by atoms with van der Waals surface area (Å²) in [5.41, 5.74) is 0.108. The first-order valence-corrected chi connectivity index (χ1v) is 12.4. The molecule has 3 aliphatic heterocycles. The molecule has 1 aromatic carbocycles. The van der Waals surface area contributed by atoms with Gasteiger partial charge in [0.15, 0.2) is 11.5 Å². The maximum absolute atomic E-state index is 13.8. The Kier molecular flexibility index (Phi) is 6.31. The second-order valence-electron chi connectivity index (χ2n) is 10.3. The number of methoxy groups -OCH3 is 2. The molecule has 196 valence electrons. The number of pyridine rings is 1. The van der Waals surface area contributed by atoms with E-state index in [1.165, 1.54) is 28.3 Å². The summed E-state index contributed by atoms with van der Waals surface area (Å²) in [5, 5.41) is 0. The van der Waals surface area contributed by atoms with E-state index in [0.717, 1.165) is 21.9 Å². The lowest BCUT2D eigenvalue weighted by molar-refractivity contribution is -0.159. The molecule has 2 fully saturated rings. The first-order chi connectivity index (χ1) is 17.7. The molecule has 2 saturated heterocycles. The summed E-state index contributed by atoms with van der Waals surface area (Å²) >= 11 is 0. The van der Waals surface area contributed by atoms with Gasteiger partial charge in [0.2, 0.25) is 11.8 Å². The molecule has 37 heavy (non-hydrogen) atoms. The van der Waals surface area contributed by atoms with Crippen LogP contribution in [0, 0.1) is 11.3 Å². The molecule has 4 heterocycles. The molecule has 0 N–H and O–H groups in total. The van der Waals surface area contributed by atoms with Crippen molar-refractivity contribution in [3.63, 3.8) is 0 Å². The van der Waals surface area contributed by atoms with Gasteiger partial charge < -0.3 is 18.9 Å². The third-order valence-corrected chi connectivity index (χ3v) is 8.03. The second-order valence-corrected chi connectivity index (χ2v) is 10.3. The van der Waals surface area contributed by atoms with Gasteiger partial charge in [0, 0.05) is 64.4 Å². The summed E-state index contributed by atoms with van der Waals surface area (Å²) in [6, 6.07) is 10.1. The summed E-state index contributed by atoms with van der Waals surface area (Å²) in [5.74, 6) is 0.237. The van der Waals surface area contributed by atoms with Gasteiger partial charge in [-0.1, -0.05) is 18.2 Å². The molecule has 0 radical (unpaired) electrons. The summed E-state index contributed by atoms with van der Waals surface area (Å²) in [6.45, 7) is 2.02. The van der Waals surface area contributed by atoms with Crippen LogP contribution in [0.5, 0.6) is 11.5 Å².